The van der Waals surface area contributed by atoms with E-state index in [9.17, 15) is 5.26 Å². The van der Waals surface area contributed by atoms with Gasteiger partial charge < -0.3 is 19.5 Å². The van der Waals surface area contributed by atoms with Crippen LogP contribution in [0.4, 0.5) is 17.5 Å². The summed E-state index contributed by atoms with van der Waals surface area (Å²) in [5.41, 5.74) is 4.26. The average molecular weight is 484 g/mol. The van der Waals surface area contributed by atoms with E-state index in [0.717, 1.165) is 51.5 Å². The van der Waals surface area contributed by atoms with Gasteiger partial charge >= 0.3 is 0 Å². The Balaban J connectivity index is 1.48. The molecule has 3 aromatic heterocycles. The third-order valence-corrected chi connectivity index (χ3v) is 6.37. The topological polar surface area (TPSA) is 118 Å². The van der Waals surface area contributed by atoms with Gasteiger partial charge in [0, 0.05) is 55.3 Å². The van der Waals surface area contributed by atoms with Gasteiger partial charge in [-0.15, -0.1) is 10.2 Å². The average Bonchev–Trinajstić information content (AvgIpc) is 3.28. The van der Waals surface area contributed by atoms with Crippen molar-refractivity contribution in [2.75, 3.05) is 36.5 Å². The second-order valence-corrected chi connectivity index (χ2v) is 9.46. The molecule has 5 rings (SSSR count). The molecule has 0 spiro atoms. The molecular formula is C26H29N9O. The van der Waals surface area contributed by atoms with E-state index in [0.29, 0.717) is 32.3 Å². The number of pyridine rings is 1. The largest absolute Gasteiger partial charge is 0.381 e. The first kappa shape index (κ1) is 23.6. The lowest BCUT2D eigenvalue weighted by molar-refractivity contribution is 0.151. The van der Waals surface area contributed by atoms with Crippen molar-refractivity contribution in [3.8, 4) is 17.5 Å². The van der Waals surface area contributed by atoms with E-state index in [-0.39, 0.29) is 5.41 Å². The molecule has 0 amide bonds. The number of aromatic nitrogens is 6. The number of nitrogens with zero attached hydrogens (tertiary/aromatic N) is 8. The van der Waals surface area contributed by atoms with Gasteiger partial charge in [-0.3, -0.25) is 0 Å². The van der Waals surface area contributed by atoms with E-state index >= 15 is 0 Å². The van der Waals surface area contributed by atoms with Crippen LogP contribution < -0.4 is 10.2 Å². The van der Waals surface area contributed by atoms with Crippen molar-refractivity contribution in [1.82, 2.24) is 29.7 Å². The Bertz CT molecular complexity index is 1450. The maximum atomic E-state index is 9.43. The Morgan fingerprint density at radius 3 is 2.78 bits per heavy atom. The summed E-state index contributed by atoms with van der Waals surface area (Å²) in [6, 6.07) is 10.5. The van der Waals surface area contributed by atoms with E-state index in [1.165, 1.54) is 0 Å². The molecule has 1 fully saturated rings. The number of ether oxygens (including phenoxy) is 1. The third-order valence-electron chi connectivity index (χ3n) is 6.37. The lowest BCUT2D eigenvalue weighted by Crippen LogP contribution is -2.54. The van der Waals surface area contributed by atoms with Crippen LogP contribution in [0.1, 0.15) is 25.1 Å². The number of anilines is 3. The molecule has 0 unspecified atom stereocenters. The molecule has 184 valence electrons. The molecule has 1 saturated heterocycles. The first-order chi connectivity index (χ1) is 17.4. The lowest BCUT2D eigenvalue weighted by atomic mass is 9.83. The quantitative estimate of drug-likeness (QED) is 0.373. The first-order valence-corrected chi connectivity index (χ1v) is 12.0. The Kier molecular flexibility index (Phi) is 6.24. The summed E-state index contributed by atoms with van der Waals surface area (Å²) >= 11 is 0. The highest BCUT2D eigenvalue weighted by Crippen LogP contribution is 2.36. The van der Waals surface area contributed by atoms with Crippen LogP contribution in [0.2, 0.25) is 0 Å². The van der Waals surface area contributed by atoms with E-state index in [1.807, 2.05) is 56.8 Å². The zero-order valence-corrected chi connectivity index (χ0v) is 21.0. The van der Waals surface area contributed by atoms with Crippen molar-refractivity contribution in [3.05, 3.63) is 48.0 Å². The number of aryl methyl sites for hydroxylation is 2. The molecule has 0 bridgehead atoms. The van der Waals surface area contributed by atoms with Gasteiger partial charge in [0.25, 0.3) is 0 Å². The van der Waals surface area contributed by atoms with Crippen molar-refractivity contribution < 1.29 is 4.74 Å². The Labute approximate surface area is 210 Å². The molecule has 10 heteroatoms. The van der Waals surface area contributed by atoms with Gasteiger partial charge in [0.15, 0.2) is 11.6 Å². The van der Waals surface area contributed by atoms with E-state index in [1.54, 1.807) is 6.33 Å². The molecule has 4 aromatic rings. The number of fused-ring (bicyclic) bond motifs is 1. The summed E-state index contributed by atoms with van der Waals surface area (Å²) in [7, 11) is 1.93. The summed E-state index contributed by atoms with van der Waals surface area (Å²) in [4.78, 5) is 16.3. The second kappa shape index (κ2) is 9.51. The Morgan fingerprint density at radius 2 is 2.06 bits per heavy atom. The van der Waals surface area contributed by atoms with E-state index in [2.05, 4.69) is 37.5 Å². The summed E-state index contributed by atoms with van der Waals surface area (Å²) in [6.45, 7) is 8.45. The van der Waals surface area contributed by atoms with Gasteiger partial charge in [0.2, 0.25) is 5.95 Å². The van der Waals surface area contributed by atoms with Crippen LogP contribution in [-0.2, 0) is 18.2 Å². The van der Waals surface area contributed by atoms with Crippen molar-refractivity contribution >= 4 is 28.4 Å². The van der Waals surface area contributed by atoms with Gasteiger partial charge in [-0.2, -0.15) is 5.26 Å². The molecule has 0 saturated carbocycles. The molecule has 0 atom stereocenters. The SMILES string of the molecule is CCOCCc1cc(-c2nncn2C)ccc1Nc1ncc2cc(C)nc(N3CC(C)(C#N)C3)c2n1. The van der Waals surface area contributed by atoms with Gasteiger partial charge in [-0.25, -0.2) is 15.0 Å². The number of benzene rings is 1. The highest BCUT2D eigenvalue weighted by molar-refractivity contribution is 5.90. The van der Waals surface area contributed by atoms with Crippen LogP contribution >= 0.6 is 0 Å². The van der Waals surface area contributed by atoms with Crippen LogP contribution in [0, 0.1) is 23.7 Å². The number of nitriles is 1. The van der Waals surface area contributed by atoms with Gasteiger partial charge in [0.05, 0.1) is 18.1 Å². The van der Waals surface area contributed by atoms with E-state index < -0.39 is 0 Å². The maximum Gasteiger partial charge on any atom is 0.227 e. The van der Waals surface area contributed by atoms with E-state index in [4.69, 9.17) is 14.7 Å². The molecule has 0 radical (unpaired) electrons. The number of hydrogen-bond donors (Lipinski definition) is 1. The van der Waals surface area contributed by atoms with Crippen molar-refractivity contribution in [3.63, 3.8) is 0 Å². The van der Waals surface area contributed by atoms with Crippen molar-refractivity contribution in [1.29, 1.82) is 5.26 Å². The molecule has 1 aromatic carbocycles. The number of rotatable bonds is 8. The molecule has 1 aliphatic rings. The predicted molar refractivity (Wildman–Crippen MR) is 138 cm³/mol. The highest BCUT2D eigenvalue weighted by atomic mass is 16.5. The van der Waals surface area contributed by atoms with Crippen LogP contribution in [0.15, 0.2) is 36.8 Å². The summed E-state index contributed by atoms with van der Waals surface area (Å²) in [6.07, 6.45) is 4.23. The predicted octanol–water partition coefficient (Wildman–Crippen LogP) is 3.80. The van der Waals surface area contributed by atoms with Crippen molar-refractivity contribution in [2.24, 2.45) is 12.5 Å². The molecule has 36 heavy (non-hydrogen) atoms. The van der Waals surface area contributed by atoms with Crippen LogP contribution in [-0.4, -0.2) is 56.0 Å². The fourth-order valence-electron chi connectivity index (χ4n) is 4.50. The monoisotopic (exact) mass is 483 g/mol. The standard InChI is InChI=1S/C26H29N9O/c1-5-36-9-8-18-11-19(23-33-29-16-34(23)4)6-7-21(18)31-25-28-12-20-10-17(2)30-24(22(20)32-25)35-14-26(3,13-27)15-35/h6-7,10-12,16H,5,8-9,14-15H2,1-4H3,(H,28,31,32). The van der Waals surface area contributed by atoms with Crippen LogP contribution in [0.3, 0.4) is 0 Å². The minimum absolute atomic E-state index is 0.355. The maximum absolute atomic E-state index is 9.43. The normalized spacial score (nSPS) is 14.5. The van der Waals surface area contributed by atoms with Gasteiger partial charge in [-0.05, 0) is 57.0 Å². The molecule has 1 N–H and O–H groups in total. The number of nitrogens with one attached hydrogen (secondary N) is 1. The molecule has 4 heterocycles. The van der Waals surface area contributed by atoms with Crippen LogP contribution in [0.25, 0.3) is 22.3 Å². The lowest BCUT2D eigenvalue weighted by Gasteiger charge is -2.44. The third kappa shape index (κ3) is 4.57. The fourth-order valence-corrected chi connectivity index (χ4v) is 4.50. The smallest absolute Gasteiger partial charge is 0.227 e. The zero-order chi connectivity index (χ0) is 25.3. The Hall–Kier alpha value is -4.10. The minimum atomic E-state index is -0.355. The molecule has 10 nitrogen and oxygen atoms in total. The summed E-state index contributed by atoms with van der Waals surface area (Å²) in [5, 5.41) is 22.0. The zero-order valence-electron chi connectivity index (χ0n) is 21.0. The van der Waals surface area contributed by atoms with Crippen molar-refractivity contribution in [2.45, 2.75) is 27.2 Å². The van der Waals surface area contributed by atoms with Crippen LogP contribution in [0.5, 0.6) is 0 Å². The summed E-state index contributed by atoms with van der Waals surface area (Å²) < 4.78 is 7.52. The fraction of sp³-hybridized carbons (Fsp3) is 0.385. The molecular weight excluding hydrogens is 454 g/mol. The number of hydrogen-bond acceptors (Lipinski definition) is 9. The van der Waals surface area contributed by atoms with Gasteiger partial charge in [-0.1, -0.05) is 0 Å². The first-order valence-electron chi connectivity index (χ1n) is 12.0. The second-order valence-electron chi connectivity index (χ2n) is 9.46. The molecule has 0 aliphatic carbocycles. The minimum Gasteiger partial charge on any atom is -0.381 e. The highest BCUT2D eigenvalue weighted by Gasteiger charge is 2.40. The summed E-state index contributed by atoms with van der Waals surface area (Å²) in [5.74, 6) is 2.07. The Morgan fingerprint density at radius 1 is 1.22 bits per heavy atom. The van der Waals surface area contributed by atoms with Gasteiger partial charge in [0.1, 0.15) is 11.8 Å². The molecule has 1 aliphatic heterocycles.